The minimum absolute atomic E-state index is 0.0227. The first kappa shape index (κ1) is 22.9. The molecule has 6 nitrogen and oxygen atoms in total. The number of aldehydes is 1. The van der Waals surface area contributed by atoms with Gasteiger partial charge in [0.15, 0.2) is 0 Å². The summed E-state index contributed by atoms with van der Waals surface area (Å²) in [6.07, 6.45) is 2.28. The smallest absolute Gasteiger partial charge is 0.120 e. The topological polar surface area (TPSA) is 68.2 Å². The molecule has 1 saturated carbocycles. The molecule has 0 unspecified atom stereocenters. The van der Waals surface area contributed by atoms with Gasteiger partial charge in [-0.2, -0.15) is 0 Å². The predicted molar refractivity (Wildman–Crippen MR) is 123 cm³/mol. The zero-order valence-corrected chi connectivity index (χ0v) is 18.7. The van der Waals surface area contributed by atoms with E-state index in [0.29, 0.717) is 32.7 Å². The molecular formula is C26H33NO5. The number of rotatable bonds is 9. The monoisotopic (exact) mass is 439 g/mol. The summed E-state index contributed by atoms with van der Waals surface area (Å²) in [6.45, 7) is 3.49. The van der Waals surface area contributed by atoms with E-state index >= 15 is 0 Å². The van der Waals surface area contributed by atoms with Gasteiger partial charge in [-0.25, -0.2) is 0 Å². The Morgan fingerprint density at radius 3 is 2.62 bits per heavy atom. The third-order valence-corrected chi connectivity index (χ3v) is 6.68. The van der Waals surface area contributed by atoms with Crippen molar-refractivity contribution in [1.29, 1.82) is 0 Å². The number of nitrogens with zero attached hydrogens (tertiary/aromatic N) is 1. The van der Waals surface area contributed by atoms with Crippen molar-refractivity contribution >= 4 is 6.29 Å². The lowest BCUT2D eigenvalue weighted by molar-refractivity contribution is -0.108. The van der Waals surface area contributed by atoms with Crippen LogP contribution in [0, 0.1) is 5.92 Å². The molecule has 0 bridgehead atoms. The molecule has 2 aromatic rings. The van der Waals surface area contributed by atoms with Crippen LogP contribution in [0.15, 0.2) is 48.5 Å². The first-order valence-electron chi connectivity index (χ1n) is 11.5. The number of carbonyl (C=O) groups is 1. The van der Waals surface area contributed by atoms with Gasteiger partial charge < -0.3 is 24.1 Å². The van der Waals surface area contributed by atoms with Crippen molar-refractivity contribution < 1.29 is 24.1 Å². The zero-order chi connectivity index (χ0) is 22.3. The van der Waals surface area contributed by atoms with Crippen LogP contribution in [0.5, 0.6) is 5.75 Å². The highest BCUT2D eigenvalue weighted by atomic mass is 16.5. The number of benzene rings is 2. The molecule has 2 aromatic carbocycles. The Kier molecular flexibility index (Phi) is 7.92. The molecule has 4 rings (SSSR count). The summed E-state index contributed by atoms with van der Waals surface area (Å²) >= 11 is 0. The number of carbonyl (C=O) groups excluding carboxylic acids is 1. The third-order valence-electron chi connectivity index (χ3n) is 6.68. The second-order valence-corrected chi connectivity index (χ2v) is 8.63. The van der Waals surface area contributed by atoms with Gasteiger partial charge in [-0.15, -0.1) is 0 Å². The fourth-order valence-electron chi connectivity index (χ4n) is 5.08. The van der Waals surface area contributed by atoms with Crippen molar-refractivity contribution in [2.45, 2.75) is 44.1 Å². The van der Waals surface area contributed by atoms with Crippen molar-refractivity contribution in [1.82, 2.24) is 4.90 Å². The number of hydrogen-bond acceptors (Lipinski definition) is 6. The molecular weight excluding hydrogens is 406 g/mol. The van der Waals surface area contributed by atoms with Gasteiger partial charge in [0.2, 0.25) is 0 Å². The number of ether oxygens (including phenoxy) is 3. The lowest BCUT2D eigenvalue weighted by Crippen LogP contribution is -2.50. The Morgan fingerprint density at radius 2 is 1.91 bits per heavy atom. The molecule has 0 spiro atoms. The summed E-state index contributed by atoms with van der Waals surface area (Å²) in [5.74, 6) is 0.974. The minimum atomic E-state index is -0.444. The van der Waals surface area contributed by atoms with Gasteiger partial charge >= 0.3 is 0 Å². The van der Waals surface area contributed by atoms with Gasteiger partial charge in [0.25, 0.3) is 0 Å². The van der Waals surface area contributed by atoms with Crippen molar-refractivity contribution in [2.75, 3.05) is 33.4 Å². The van der Waals surface area contributed by atoms with Crippen molar-refractivity contribution in [3.63, 3.8) is 0 Å². The van der Waals surface area contributed by atoms with Crippen LogP contribution in [0.1, 0.15) is 24.8 Å². The summed E-state index contributed by atoms with van der Waals surface area (Å²) in [5.41, 5.74) is 3.35. The van der Waals surface area contributed by atoms with Gasteiger partial charge in [0.1, 0.15) is 12.0 Å². The Bertz CT molecular complexity index is 865. The number of methoxy groups -OCH3 is 1. The molecule has 2 fully saturated rings. The maximum absolute atomic E-state index is 11.1. The lowest BCUT2D eigenvalue weighted by atomic mass is 9.94. The zero-order valence-electron chi connectivity index (χ0n) is 18.7. The quantitative estimate of drug-likeness (QED) is 0.605. The summed E-state index contributed by atoms with van der Waals surface area (Å²) in [4.78, 5) is 13.4. The van der Waals surface area contributed by atoms with E-state index in [1.165, 1.54) is 0 Å². The van der Waals surface area contributed by atoms with Gasteiger partial charge in [-0.05, 0) is 41.3 Å². The highest BCUT2D eigenvalue weighted by Gasteiger charge is 2.45. The summed E-state index contributed by atoms with van der Waals surface area (Å²) in [6, 6.07) is 16.4. The molecule has 32 heavy (non-hydrogen) atoms. The van der Waals surface area contributed by atoms with Crippen molar-refractivity contribution in [3.05, 3.63) is 54.1 Å². The van der Waals surface area contributed by atoms with Crippen LogP contribution in [0.25, 0.3) is 11.1 Å². The summed E-state index contributed by atoms with van der Waals surface area (Å²) in [5, 5.41) is 10.9. The van der Waals surface area contributed by atoms with Crippen LogP contribution < -0.4 is 4.74 Å². The van der Waals surface area contributed by atoms with E-state index in [1.54, 1.807) is 7.11 Å². The Morgan fingerprint density at radius 1 is 1.12 bits per heavy atom. The number of morpholine rings is 1. The Hall–Kier alpha value is -2.25. The molecule has 0 amide bonds. The van der Waals surface area contributed by atoms with E-state index in [0.717, 1.165) is 48.2 Å². The average Bonchev–Trinajstić information content (AvgIpc) is 3.17. The summed E-state index contributed by atoms with van der Waals surface area (Å²) in [7, 11) is 1.67. The van der Waals surface area contributed by atoms with E-state index in [-0.39, 0.29) is 18.1 Å². The van der Waals surface area contributed by atoms with E-state index in [4.69, 9.17) is 14.2 Å². The molecule has 1 aliphatic heterocycles. The number of aliphatic hydroxyl groups is 1. The highest BCUT2D eigenvalue weighted by molar-refractivity contribution is 5.64. The second kappa shape index (κ2) is 11.1. The van der Waals surface area contributed by atoms with Crippen LogP contribution in [-0.2, 0) is 20.9 Å². The van der Waals surface area contributed by atoms with Gasteiger partial charge in [-0.1, -0.05) is 30.3 Å². The Labute approximate surface area is 190 Å². The fraction of sp³-hybridized carbons (Fsp3) is 0.500. The van der Waals surface area contributed by atoms with Crippen LogP contribution in [-0.4, -0.2) is 68.0 Å². The van der Waals surface area contributed by atoms with Crippen molar-refractivity contribution in [3.8, 4) is 16.9 Å². The molecule has 4 atom stereocenters. The van der Waals surface area contributed by atoms with Crippen LogP contribution in [0.3, 0.4) is 0 Å². The van der Waals surface area contributed by atoms with Gasteiger partial charge in [0.05, 0.1) is 39.1 Å². The first-order chi connectivity index (χ1) is 15.7. The molecule has 0 radical (unpaired) electrons. The highest BCUT2D eigenvalue weighted by Crippen LogP contribution is 2.37. The minimum Gasteiger partial charge on any atom is -0.497 e. The lowest BCUT2D eigenvalue weighted by Gasteiger charge is -2.37. The molecule has 2 aliphatic rings. The number of aliphatic hydroxyl groups excluding tert-OH is 1. The second-order valence-electron chi connectivity index (χ2n) is 8.63. The van der Waals surface area contributed by atoms with E-state index in [2.05, 4.69) is 35.2 Å². The first-order valence-corrected chi connectivity index (χ1v) is 11.5. The molecule has 1 aliphatic carbocycles. The maximum atomic E-state index is 11.1. The molecule has 1 N–H and O–H groups in total. The van der Waals surface area contributed by atoms with Crippen molar-refractivity contribution in [2.24, 2.45) is 5.92 Å². The number of hydrogen-bond donors (Lipinski definition) is 1. The standard InChI is InChI=1S/C26H33NO5/c1-30-22-9-7-20(8-10-22)21-5-2-4-19(16-21)18-32-25-17-24(29)26(23(25)6-3-13-28)27-11-14-31-15-12-27/h2,4-5,7-10,13,16,23-26,29H,3,6,11-12,14-15,17-18H2,1H3/t23-,24+,25-,26+/m1/s1. The predicted octanol–water partition coefficient (Wildman–Crippen LogP) is 3.31. The normalized spacial score (nSPS) is 26.2. The largest absolute Gasteiger partial charge is 0.497 e. The third kappa shape index (κ3) is 5.38. The molecule has 0 aromatic heterocycles. The average molecular weight is 440 g/mol. The SMILES string of the molecule is COc1ccc(-c2cccc(CO[C@@H]3C[C@H](O)[C@@H](N4CCOCC4)[C@@H]3CCC=O)c2)cc1. The molecule has 6 heteroatoms. The van der Waals surface area contributed by atoms with Gasteiger partial charge in [-0.3, -0.25) is 4.90 Å². The van der Waals surface area contributed by atoms with E-state index in [1.807, 2.05) is 18.2 Å². The molecule has 172 valence electrons. The van der Waals surface area contributed by atoms with Gasteiger partial charge in [0, 0.05) is 37.9 Å². The Balaban J connectivity index is 1.44. The van der Waals surface area contributed by atoms with Crippen LogP contribution in [0.2, 0.25) is 0 Å². The van der Waals surface area contributed by atoms with Crippen LogP contribution >= 0.6 is 0 Å². The fourth-order valence-corrected chi connectivity index (χ4v) is 5.08. The molecule has 1 heterocycles. The maximum Gasteiger partial charge on any atom is 0.120 e. The van der Waals surface area contributed by atoms with Crippen LogP contribution in [0.4, 0.5) is 0 Å². The molecule has 1 saturated heterocycles. The van der Waals surface area contributed by atoms with E-state index < -0.39 is 6.10 Å². The summed E-state index contributed by atoms with van der Waals surface area (Å²) < 4.78 is 17.1. The van der Waals surface area contributed by atoms with E-state index in [9.17, 15) is 9.90 Å².